The molecule has 2 heterocycles. The van der Waals surface area contributed by atoms with Gasteiger partial charge in [-0.2, -0.15) is 0 Å². The Morgan fingerprint density at radius 1 is 0.926 bits per heavy atom. The number of ether oxygens (including phenoxy) is 1. The van der Waals surface area contributed by atoms with Crippen LogP contribution in [0.2, 0.25) is 0 Å². The number of fused-ring (bicyclic) bond motifs is 1. The Bertz CT molecular complexity index is 992. The molecule has 0 radical (unpaired) electrons. The number of nitrogens with zero attached hydrogens (tertiary/aromatic N) is 1. The summed E-state index contributed by atoms with van der Waals surface area (Å²) in [6, 6.07) is 24.6. The van der Waals surface area contributed by atoms with Crippen LogP contribution in [0.5, 0.6) is 0 Å². The number of halogens is 1. The average molecular weight is 420 g/mol. The van der Waals surface area contributed by atoms with Crippen LogP contribution in [0, 0.1) is 5.92 Å². The number of hydrogen-bond donors (Lipinski definition) is 0. The molecule has 27 heavy (non-hydrogen) atoms. The molecule has 3 aromatic rings. The molecule has 0 N–H and O–H groups in total. The maximum atomic E-state index is 12.7. The summed E-state index contributed by atoms with van der Waals surface area (Å²) in [5.74, 6) is -0.0844. The topological polar surface area (TPSA) is 39.2 Å². The number of rotatable bonds is 3. The second-order valence-corrected chi connectivity index (χ2v) is 8.13. The summed E-state index contributed by atoms with van der Waals surface area (Å²) in [4.78, 5) is 17.3. The first-order valence-electron chi connectivity index (χ1n) is 9.14. The van der Waals surface area contributed by atoms with Crippen molar-refractivity contribution >= 4 is 21.9 Å². The molecule has 5 rings (SSSR count). The van der Waals surface area contributed by atoms with Crippen LogP contribution in [0.4, 0.5) is 0 Å². The predicted octanol–water partition coefficient (Wildman–Crippen LogP) is 5.18. The van der Waals surface area contributed by atoms with Crippen molar-refractivity contribution in [1.29, 1.82) is 0 Å². The highest BCUT2D eigenvalue weighted by Gasteiger charge is 2.69. The third-order valence-corrected chi connectivity index (χ3v) is 6.57. The van der Waals surface area contributed by atoms with Crippen LogP contribution in [0.1, 0.15) is 35.1 Å². The van der Waals surface area contributed by atoms with Gasteiger partial charge >= 0.3 is 5.97 Å². The summed E-state index contributed by atoms with van der Waals surface area (Å²) in [6.45, 7) is 0. The maximum Gasteiger partial charge on any atom is 0.315 e. The van der Waals surface area contributed by atoms with Crippen molar-refractivity contribution in [3.8, 4) is 0 Å². The molecule has 1 saturated carbocycles. The Labute approximate surface area is 166 Å². The number of carbonyl (C=O) groups is 1. The molecule has 1 aliphatic heterocycles. The Morgan fingerprint density at radius 2 is 1.59 bits per heavy atom. The second kappa shape index (κ2) is 6.31. The van der Waals surface area contributed by atoms with Crippen molar-refractivity contribution in [2.24, 2.45) is 5.92 Å². The van der Waals surface area contributed by atoms with Crippen molar-refractivity contribution < 1.29 is 9.53 Å². The molecular formula is C23H18BrNO2. The van der Waals surface area contributed by atoms with E-state index >= 15 is 0 Å². The van der Waals surface area contributed by atoms with E-state index in [0.717, 1.165) is 16.6 Å². The Kier molecular flexibility index (Phi) is 3.90. The highest BCUT2D eigenvalue weighted by molar-refractivity contribution is 9.10. The average Bonchev–Trinajstić information content (AvgIpc) is 2.99. The first-order valence-corrected chi connectivity index (χ1v) is 9.94. The van der Waals surface area contributed by atoms with E-state index in [1.54, 1.807) is 6.20 Å². The molecule has 0 spiro atoms. The number of aromatic nitrogens is 1. The first kappa shape index (κ1) is 16.7. The van der Waals surface area contributed by atoms with Gasteiger partial charge in [-0.3, -0.25) is 9.78 Å². The molecule has 0 amide bonds. The fraction of sp³-hybridized carbons (Fsp3) is 0.217. The van der Waals surface area contributed by atoms with Crippen LogP contribution in [-0.4, -0.2) is 11.0 Å². The van der Waals surface area contributed by atoms with Crippen molar-refractivity contribution in [1.82, 2.24) is 4.98 Å². The van der Waals surface area contributed by atoms with E-state index in [9.17, 15) is 4.79 Å². The Hall–Kier alpha value is -2.46. The fourth-order valence-corrected chi connectivity index (χ4v) is 5.44. The number of pyridine rings is 1. The van der Waals surface area contributed by atoms with E-state index in [0.29, 0.717) is 0 Å². The van der Waals surface area contributed by atoms with Gasteiger partial charge in [0.1, 0.15) is 5.92 Å². The quantitative estimate of drug-likeness (QED) is 0.548. The van der Waals surface area contributed by atoms with E-state index in [1.165, 1.54) is 11.1 Å². The summed E-state index contributed by atoms with van der Waals surface area (Å²) < 4.78 is 6.78. The zero-order valence-electron chi connectivity index (χ0n) is 14.6. The highest BCUT2D eigenvalue weighted by Crippen LogP contribution is 2.65. The second-order valence-electron chi connectivity index (χ2n) is 7.28. The lowest BCUT2D eigenvalue weighted by Gasteiger charge is -2.44. The van der Waals surface area contributed by atoms with Crippen LogP contribution >= 0.6 is 15.9 Å². The molecule has 2 aliphatic rings. The zero-order valence-corrected chi connectivity index (χ0v) is 16.2. The van der Waals surface area contributed by atoms with Gasteiger partial charge in [0, 0.05) is 23.0 Å². The standard InChI is InChI=1S/C23H18BrNO2/c24-18-12-7-13-25-21(18)23-14-17(15-8-3-1-4-9-15)19(20(23)22(26)27-23)16-10-5-2-6-11-16/h1-13,17,19-20H,14H2/t17-,19-,20+,23+/m1/s1. The minimum absolute atomic E-state index is 0.0729. The monoisotopic (exact) mass is 419 g/mol. The van der Waals surface area contributed by atoms with Crippen LogP contribution in [0.25, 0.3) is 0 Å². The Balaban J connectivity index is 1.68. The minimum atomic E-state index is -0.668. The van der Waals surface area contributed by atoms with Gasteiger partial charge < -0.3 is 4.74 Å². The van der Waals surface area contributed by atoms with E-state index < -0.39 is 5.60 Å². The van der Waals surface area contributed by atoms with Crippen molar-refractivity contribution in [3.05, 3.63) is 100 Å². The molecule has 0 bridgehead atoms. The van der Waals surface area contributed by atoms with Gasteiger partial charge in [-0.05, 0) is 45.1 Å². The van der Waals surface area contributed by atoms with Gasteiger partial charge in [-0.1, -0.05) is 60.7 Å². The van der Waals surface area contributed by atoms with Gasteiger partial charge in [0.2, 0.25) is 0 Å². The molecular weight excluding hydrogens is 402 g/mol. The van der Waals surface area contributed by atoms with Gasteiger partial charge in [-0.25, -0.2) is 0 Å². The molecule has 3 nitrogen and oxygen atoms in total. The lowest BCUT2D eigenvalue weighted by atomic mass is 9.75. The Morgan fingerprint density at radius 3 is 2.22 bits per heavy atom. The lowest BCUT2D eigenvalue weighted by Crippen LogP contribution is -2.53. The van der Waals surface area contributed by atoms with Gasteiger partial charge in [0.15, 0.2) is 5.60 Å². The summed E-state index contributed by atoms with van der Waals surface area (Å²) in [6.07, 6.45) is 2.51. The number of hydrogen-bond acceptors (Lipinski definition) is 3. The van der Waals surface area contributed by atoms with Gasteiger partial charge in [0.25, 0.3) is 0 Å². The third kappa shape index (κ3) is 2.47. The van der Waals surface area contributed by atoms with E-state index in [4.69, 9.17) is 4.74 Å². The summed E-state index contributed by atoms with van der Waals surface area (Å²) in [5, 5.41) is 0. The highest BCUT2D eigenvalue weighted by atomic mass is 79.9. The van der Waals surface area contributed by atoms with E-state index in [-0.39, 0.29) is 23.7 Å². The van der Waals surface area contributed by atoms with Gasteiger partial charge in [-0.15, -0.1) is 0 Å². The summed E-state index contributed by atoms with van der Waals surface area (Å²) >= 11 is 3.62. The van der Waals surface area contributed by atoms with Crippen LogP contribution in [0.3, 0.4) is 0 Å². The van der Waals surface area contributed by atoms with Gasteiger partial charge in [0.05, 0.1) is 5.69 Å². The number of carbonyl (C=O) groups excluding carboxylic acids is 1. The lowest BCUT2D eigenvalue weighted by molar-refractivity contribution is -0.212. The molecule has 2 fully saturated rings. The predicted molar refractivity (Wildman–Crippen MR) is 106 cm³/mol. The minimum Gasteiger partial charge on any atom is -0.451 e. The molecule has 1 aliphatic carbocycles. The van der Waals surface area contributed by atoms with Crippen molar-refractivity contribution in [3.63, 3.8) is 0 Å². The number of esters is 1. The first-order chi connectivity index (χ1) is 13.2. The smallest absolute Gasteiger partial charge is 0.315 e. The molecule has 1 aromatic heterocycles. The van der Waals surface area contributed by atoms with Crippen LogP contribution < -0.4 is 0 Å². The molecule has 0 unspecified atom stereocenters. The van der Waals surface area contributed by atoms with Crippen molar-refractivity contribution in [2.75, 3.05) is 0 Å². The van der Waals surface area contributed by atoms with E-state index in [2.05, 4.69) is 57.3 Å². The van der Waals surface area contributed by atoms with Crippen LogP contribution in [0.15, 0.2) is 83.5 Å². The molecule has 1 saturated heterocycles. The maximum absolute atomic E-state index is 12.7. The largest absolute Gasteiger partial charge is 0.451 e. The third-order valence-electron chi connectivity index (χ3n) is 5.93. The molecule has 4 atom stereocenters. The zero-order chi connectivity index (χ0) is 18.4. The number of benzene rings is 2. The molecule has 4 heteroatoms. The molecule has 2 aromatic carbocycles. The normalized spacial score (nSPS) is 28.9. The molecule has 134 valence electrons. The summed E-state index contributed by atoms with van der Waals surface area (Å²) in [5.41, 5.74) is 2.58. The fourth-order valence-electron chi connectivity index (χ4n) is 4.84. The van der Waals surface area contributed by atoms with E-state index in [1.807, 2.05) is 36.4 Å². The van der Waals surface area contributed by atoms with Crippen molar-refractivity contribution in [2.45, 2.75) is 23.9 Å². The van der Waals surface area contributed by atoms with Crippen LogP contribution in [-0.2, 0) is 15.1 Å². The SMILES string of the molecule is O=C1O[C@@]2(c3ncccc3Br)C[C@H](c3ccccc3)[C@@H](c3ccccc3)[C@@H]12. The summed E-state index contributed by atoms with van der Waals surface area (Å²) in [7, 11) is 0.